The zero-order valence-corrected chi connectivity index (χ0v) is 13.7. The maximum atomic E-state index is 8.74. The number of rotatable bonds is 0. The molecule has 0 saturated carbocycles. The summed E-state index contributed by atoms with van der Waals surface area (Å²) in [7, 11) is -9.83. The second kappa shape index (κ2) is 11.3. The predicted octanol–water partition coefficient (Wildman–Crippen LogP) is -1.88. The van der Waals surface area contributed by atoms with Crippen LogP contribution in [0.5, 0.6) is 0 Å². The summed E-state index contributed by atoms with van der Waals surface area (Å²) in [6.45, 7) is 0. The van der Waals surface area contributed by atoms with Gasteiger partial charge in [0, 0.05) is 10.4 Å². The summed E-state index contributed by atoms with van der Waals surface area (Å²) in [6, 6.07) is 0. The third-order valence-electron chi connectivity index (χ3n) is 0. The molecule has 13 heavy (non-hydrogen) atoms. The van der Waals surface area contributed by atoms with E-state index in [1.165, 1.54) is 0 Å². The van der Waals surface area contributed by atoms with Crippen molar-refractivity contribution in [1.82, 2.24) is 0 Å². The van der Waals surface area contributed by atoms with Crippen LogP contribution in [0.25, 0.3) is 0 Å². The summed E-state index contributed by atoms with van der Waals surface area (Å²) < 4.78 is 65.7. The largest absolute Gasteiger partial charge is 2.00 e. The van der Waals surface area contributed by atoms with E-state index in [2.05, 4.69) is 0 Å². The molecule has 2 N–H and O–H groups in total. The van der Waals surface area contributed by atoms with Gasteiger partial charge >= 0.3 is 29.9 Å². The van der Waals surface area contributed by atoms with Crippen LogP contribution in [0.15, 0.2) is 0 Å². The van der Waals surface area contributed by atoms with Gasteiger partial charge in [0.2, 0.25) is 0 Å². The molecule has 0 fully saturated rings. The average Bonchev–Trinajstić information content (AvgIpc) is 1.12. The smallest absolute Gasteiger partial charge is 0.759 e. The summed E-state index contributed by atoms with van der Waals surface area (Å²) in [4.78, 5) is 0. The predicted molar refractivity (Wildman–Crippen MR) is 46.9 cm³/mol. The Balaban J connectivity index is -0.0000000267. The van der Waals surface area contributed by atoms with Gasteiger partial charge in [0.15, 0.2) is 0 Å². The van der Waals surface area contributed by atoms with Crippen molar-refractivity contribution in [3.05, 3.63) is 0 Å². The molecule has 0 amide bonds. The van der Waals surface area contributed by atoms with Crippen molar-refractivity contribution in [2.24, 2.45) is 0 Å². The SMILES string of the molecule is O=S(=O)(O)O.O=S(=O)([O-])[O-].P.P.[Zn+2]. The monoisotopic (exact) mass is 326 g/mol. The van der Waals surface area contributed by atoms with Crippen molar-refractivity contribution < 1.29 is 54.5 Å². The quantitative estimate of drug-likeness (QED) is 0.227. The molecule has 0 rings (SSSR count). The Bertz CT molecular complexity index is 217. The molecule has 0 spiro atoms. The minimum absolute atomic E-state index is 0. The van der Waals surface area contributed by atoms with Gasteiger partial charge in [0.25, 0.3) is 0 Å². The Kier molecular flexibility index (Phi) is 25.4. The maximum absolute atomic E-state index is 8.74. The van der Waals surface area contributed by atoms with Crippen molar-refractivity contribution in [3.63, 3.8) is 0 Å². The van der Waals surface area contributed by atoms with E-state index in [1.807, 2.05) is 0 Å². The molecular formula is H8O8P2S2Zn. The summed E-state index contributed by atoms with van der Waals surface area (Å²) in [5.41, 5.74) is 0. The Morgan fingerprint density at radius 3 is 0.846 bits per heavy atom. The second-order valence-corrected chi connectivity index (χ2v) is 2.57. The molecule has 0 aromatic carbocycles. The van der Waals surface area contributed by atoms with Crippen molar-refractivity contribution in [2.75, 3.05) is 0 Å². The zero-order chi connectivity index (χ0) is 9.00. The molecule has 0 aliphatic heterocycles. The van der Waals surface area contributed by atoms with Crippen LogP contribution in [0, 0.1) is 0 Å². The molecule has 0 saturated heterocycles. The fraction of sp³-hybridized carbons (Fsp3) is 0. The Labute approximate surface area is 95.0 Å². The van der Waals surface area contributed by atoms with Crippen LogP contribution in [0.3, 0.4) is 0 Å². The molecule has 0 aromatic rings. The van der Waals surface area contributed by atoms with Crippen molar-refractivity contribution >= 4 is 40.6 Å². The number of hydrogen-bond acceptors (Lipinski definition) is 6. The van der Waals surface area contributed by atoms with Gasteiger partial charge in [-0.2, -0.15) is 28.2 Å². The van der Waals surface area contributed by atoms with Crippen molar-refractivity contribution in [3.8, 4) is 0 Å². The zero-order valence-electron chi connectivity index (χ0n) is 6.28. The van der Waals surface area contributed by atoms with Gasteiger partial charge in [-0.05, 0) is 0 Å². The first kappa shape index (κ1) is 29.2. The van der Waals surface area contributed by atoms with Gasteiger partial charge in [0.05, 0.1) is 0 Å². The molecule has 2 unspecified atom stereocenters. The first-order chi connectivity index (χ1) is 4.00. The molecule has 2 atom stereocenters. The third kappa shape index (κ3) is 1110. The summed E-state index contributed by atoms with van der Waals surface area (Å²) in [5.74, 6) is 0. The minimum Gasteiger partial charge on any atom is -0.759 e. The fourth-order valence-corrected chi connectivity index (χ4v) is 0. The van der Waals surface area contributed by atoms with Crippen molar-refractivity contribution in [2.45, 2.75) is 0 Å². The van der Waals surface area contributed by atoms with Gasteiger partial charge in [0.1, 0.15) is 0 Å². The molecule has 80 valence electrons. The normalized spacial score (nSPS) is 8.92. The van der Waals surface area contributed by atoms with Gasteiger partial charge in [-0.25, -0.2) is 0 Å². The Morgan fingerprint density at radius 2 is 0.846 bits per heavy atom. The van der Waals surface area contributed by atoms with Crippen LogP contribution >= 0.6 is 19.8 Å². The van der Waals surface area contributed by atoms with E-state index in [0.717, 1.165) is 0 Å². The third-order valence-corrected chi connectivity index (χ3v) is 0. The van der Waals surface area contributed by atoms with Gasteiger partial charge < -0.3 is 9.11 Å². The molecule has 0 aromatic heterocycles. The molecule has 0 radical (unpaired) electrons. The van der Waals surface area contributed by atoms with E-state index in [0.29, 0.717) is 0 Å². The van der Waals surface area contributed by atoms with Crippen LogP contribution < -0.4 is 0 Å². The van der Waals surface area contributed by atoms with E-state index >= 15 is 0 Å². The van der Waals surface area contributed by atoms with E-state index in [4.69, 9.17) is 35.0 Å². The molecule has 0 heterocycles. The molecule has 13 heteroatoms. The van der Waals surface area contributed by atoms with Crippen LogP contribution in [0.4, 0.5) is 0 Å². The molecule has 0 aliphatic rings. The van der Waals surface area contributed by atoms with Crippen molar-refractivity contribution in [1.29, 1.82) is 0 Å². The standard InChI is InChI=1S/2H2O4S.2H3P.Zn/c2*1-5(2,3)4;;;/h2*(H2,1,2,3,4);2*1H3;/q;;;;+2/p-2. The topological polar surface area (TPSA) is 155 Å². The summed E-state index contributed by atoms with van der Waals surface area (Å²) in [5, 5.41) is 0. The maximum Gasteiger partial charge on any atom is 2.00 e. The Morgan fingerprint density at radius 1 is 0.846 bits per heavy atom. The van der Waals surface area contributed by atoms with Gasteiger partial charge in [-0.15, -0.1) is 0 Å². The summed E-state index contributed by atoms with van der Waals surface area (Å²) >= 11 is 0. The first-order valence-electron chi connectivity index (χ1n) is 1.37. The van der Waals surface area contributed by atoms with E-state index in [9.17, 15) is 0 Å². The second-order valence-electron chi connectivity index (χ2n) is 0.856. The van der Waals surface area contributed by atoms with Gasteiger partial charge in [-0.3, -0.25) is 17.5 Å². The van der Waals surface area contributed by atoms with Crippen LogP contribution in [0.1, 0.15) is 0 Å². The van der Waals surface area contributed by atoms with E-state index in [-0.39, 0.29) is 39.3 Å². The summed E-state index contributed by atoms with van der Waals surface area (Å²) in [6.07, 6.45) is 0. The van der Waals surface area contributed by atoms with Gasteiger partial charge in [-0.1, -0.05) is 0 Å². The molecule has 0 bridgehead atoms. The molecular weight excluding hydrogens is 319 g/mol. The first-order valence-corrected chi connectivity index (χ1v) is 4.10. The van der Waals surface area contributed by atoms with E-state index in [1.54, 1.807) is 0 Å². The van der Waals surface area contributed by atoms with E-state index < -0.39 is 20.8 Å². The molecule has 0 aliphatic carbocycles. The molecule has 8 nitrogen and oxygen atoms in total. The van der Waals surface area contributed by atoms with Crippen LogP contribution in [-0.4, -0.2) is 35.0 Å². The Hall–Kier alpha value is 1.22. The minimum atomic E-state index is -5.17. The fourth-order valence-electron chi connectivity index (χ4n) is 0. The number of hydrogen-bond donors (Lipinski definition) is 2. The van der Waals surface area contributed by atoms with Crippen LogP contribution in [-0.2, 0) is 40.3 Å². The van der Waals surface area contributed by atoms with Crippen LogP contribution in [0.2, 0.25) is 0 Å². The average molecular weight is 328 g/mol.